The monoisotopic (exact) mass is 274 g/mol. The van der Waals surface area contributed by atoms with Crippen molar-refractivity contribution in [2.24, 2.45) is 0 Å². The Balaban J connectivity index is 2.06. The van der Waals surface area contributed by atoms with Gasteiger partial charge in [0.1, 0.15) is 0 Å². The Morgan fingerprint density at radius 2 is 2.25 bits per heavy atom. The number of carbonyl (C=O) groups is 1. The van der Waals surface area contributed by atoms with Gasteiger partial charge in [-0.25, -0.2) is 0 Å². The lowest BCUT2D eigenvalue weighted by Gasteiger charge is -2.32. The zero-order valence-electron chi connectivity index (χ0n) is 11.5. The van der Waals surface area contributed by atoms with Gasteiger partial charge in [-0.3, -0.25) is 14.9 Å². The molecule has 0 aromatic heterocycles. The van der Waals surface area contributed by atoms with E-state index in [-0.39, 0.29) is 17.6 Å². The van der Waals surface area contributed by atoms with Gasteiger partial charge in [0.25, 0.3) is 5.69 Å². The summed E-state index contributed by atoms with van der Waals surface area (Å²) in [6, 6.07) is 6.53. The largest absolute Gasteiger partial charge is 0.336 e. The van der Waals surface area contributed by atoms with Gasteiger partial charge in [0.15, 0.2) is 0 Å². The highest BCUT2D eigenvalue weighted by atomic mass is 16.6. The molecular formula is C15H18N2O3. The van der Waals surface area contributed by atoms with Crippen LogP contribution in [0, 0.1) is 10.1 Å². The first kappa shape index (κ1) is 14.2. The molecule has 0 unspecified atom stereocenters. The van der Waals surface area contributed by atoms with Crippen LogP contribution in [0.15, 0.2) is 30.3 Å². The number of amides is 1. The highest BCUT2D eigenvalue weighted by molar-refractivity contribution is 5.92. The van der Waals surface area contributed by atoms with Gasteiger partial charge in [0, 0.05) is 30.8 Å². The number of hydrogen-bond acceptors (Lipinski definition) is 3. The summed E-state index contributed by atoms with van der Waals surface area (Å²) < 4.78 is 0. The van der Waals surface area contributed by atoms with Crippen LogP contribution in [0.4, 0.5) is 5.69 Å². The summed E-state index contributed by atoms with van der Waals surface area (Å²) in [6.07, 6.45) is 6.38. The first-order chi connectivity index (χ1) is 9.58. The molecule has 106 valence electrons. The summed E-state index contributed by atoms with van der Waals surface area (Å²) >= 11 is 0. The van der Waals surface area contributed by atoms with E-state index in [0.717, 1.165) is 19.4 Å². The number of nitro benzene ring substituents is 1. The van der Waals surface area contributed by atoms with Crippen LogP contribution in [0.1, 0.15) is 31.7 Å². The molecule has 2 rings (SSSR count). The van der Waals surface area contributed by atoms with Crippen molar-refractivity contribution in [3.63, 3.8) is 0 Å². The minimum atomic E-state index is -0.439. The summed E-state index contributed by atoms with van der Waals surface area (Å²) in [7, 11) is 0. The van der Waals surface area contributed by atoms with Crippen molar-refractivity contribution < 1.29 is 9.72 Å². The van der Waals surface area contributed by atoms with Crippen LogP contribution in [0.25, 0.3) is 6.08 Å². The summed E-state index contributed by atoms with van der Waals surface area (Å²) in [5, 5.41) is 10.7. The molecule has 1 atom stereocenters. The number of nitro groups is 1. The summed E-state index contributed by atoms with van der Waals surface area (Å²) in [5.41, 5.74) is 0.697. The third kappa shape index (κ3) is 3.44. The van der Waals surface area contributed by atoms with Crippen molar-refractivity contribution in [2.45, 2.75) is 32.2 Å². The zero-order valence-corrected chi connectivity index (χ0v) is 11.5. The fourth-order valence-electron chi connectivity index (χ4n) is 2.43. The van der Waals surface area contributed by atoms with Crippen LogP contribution in [0.2, 0.25) is 0 Å². The standard InChI is InChI=1S/C15H18N2O3/c1-12-5-2-3-10-16(12)15(18)9-8-13-6-4-7-14(11-13)17(19)20/h4,6-9,11-12H,2-3,5,10H2,1H3/b9-8+/t12-/m0/s1. The maximum Gasteiger partial charge on any atom is 0.270 e. The third-order valence-corrected chi connectivity index (χ3v) is 3.59. The Hall–Kier alpha value is -2.17. The number of nitrogens with zero attached hydrogens (tertiary/aromatic N) is 2. The molecule has 1 fully saturated rings. The second kappa shape index (κ2) is 6.32. The number of piperidine rings is 1. The summed E-state index contributed by atoms with van der Waals surface area (Å²) in [5.74, 6) is -0.0243. The molecule has 0 N–H and O–H groups in total. The van der Waals surface area contributed by atoms with Gasteiger partial charge in [-0.1, -0.05) is 12.1 Å². The maximum absolute atomic E-state index is 12.1. The molecule has 1 aromatic rings. The average molecular weight is 274 g/mol. The van der Waals surface area contributed by atoms with E-state index in [0.29, 0.717) is 5.56 Å². The fraction of sp³-hybridized carbons (Fsp3) is 0.400. The minimum absolute atomic E-state index is 0.0243. The Morgan fingerprint density at radius 3 is 2.95 bits per heavy atom. The lowest BCUT2D eigenvalue weighted by Crippen LogP contribution is -2.41. The van der Waals surface area contributed by atoms with E-state index in [1.54, 1.807) is 18.2 Å². The van der Waals surface area contributed by atoms with E-state index in [4.69, 9.17) is 0 Å². The fourth-order valence-corrected chi connectivity index (χ4v) is 2.43. The zero-order chi connectivity index (χ0) is 14.5. The van der Waals surface area contributed by atoms with Gasteiger partial charge in [-0.05, 0) is 37.8 Å². The number of hydrogen-bond donors (Lipinski definition) is 0. The quantitative estimate of drug-likeness (QED) is 0.483. The smallest absolute Gasteiger partial charge is 0.270 e. The van der Waals surface area contributed by atoms with E-state index in [2.05, 4.69) is 6.92 Å². The maximum atomic E-state index is 12.1. The van der Waals surface area contributed by atoms with Crippen LogP contribution in [-0.2, 0) is 4.79 Å². The second-order valence-corrected chi connectivity index (χ2v) is 5.06. The van der Waals surface area contributed by atoms with E-state index in [9.17, 15) is 14.9 Å². The van der Waals surface area contributed by atoms with Crippen LogP contribution in [-0.4, -0.2) is 28.3 Å². The van der Waals surface area contributed by atoms with Gasteiger partial charge in [0.2, 0.25) is 5.91 Å². The highest BCUT2D eigenvalue weighted by Gasteiger charge is 2.21. The summed E-state index contributed by atoms with van der Waals surface area (Å²) in [6.45, 7) is 2.84. The Bertz CT molecular complexity index is 540. The third-order valence-electron chi connectivity index (χ3n) is 3.59. The van der Waals surface area contributed by atoms with Crippen LogP contribution in [0.5, 0.6) is 0 Å². The van der Waals surface area contributed by atoms with E-state index >= 15 is 0 Å². The van der Waals surface area contributed by atoms with Crippen molar-refractivity contribution in [2.75, 3.05) is 6.54 Å². The normalized spacial score (nSPS) is 19.2. The van der Waals surface area contributed by atoms with Crippen molar-refractivity contribution in [1.82, 2.24) is 4.90 Å². The molecule has 1 saturated heterocycles. The molecule has 1 aliphatic heterocycles. The van der Waals surface area contributed by atoms with Gasteiger partial charge < -0.3 is 4.90 Å². The van der Waals surface area contributed by atoms with Gasteiger partial charge in [-0.15, -0.1) is 0 Å². The molecular weight excluding hydrogens is 256 g/mol. The van der Waals surface area contributed by atoms with Crippen molar-refractivity contribution in [1.29, 1.82) is 0 Å². The molecule has 0 radical (unpaired) electrons. The Kier molecular flexibility index (Phi) is 4.50. The summed E-state index contributed by atoms with van der Waals surface area (Å²) in [4.78, 5) is 24.2. The number of non-ortho nitro benzene ring substituents is 1. The van der Waals surface area contributed by atoms with Crippen LogP contribution in [0.3, 0.4) is 0 Å². The molecule has 0 saturated carbocycles. The lowest BCUT2D eigenvalue weighted by molar-refractivity contribution is -0.384. The first-order valence-corrected chi connectivity index (χ1v) is 6.81. The minimum Gasteiger partial charge on any atom is -0.336 e. The molecule has 1 aliphatic rings. The topological polar surface area (TPSA) is 63.5 Å². The number of likely N-dealkylation sites (tertiary alicyclic amines) is 1. The molecule has 0 spiro atoms. The van der Waals surface area contributed by atoms with Crippen molar-refractivity contribution in [3.8, 4) is 0 Å². The number of rotatable bonds is 3. The predicted octanol–water partition coefficient (Wildman–Crippen LogP) is 3.01. The molecule has 1 aromatic carbocycles. The van der Waals surface area contributed by atoms with Crippen molar-refractivity contribution >= 4 is 17.7 Å². The highest BCUT2D eigenvalue weighted by Crippen LogP contribution is 2.18. The number of carbonyl (C=O) groups excluding carboxylic acids is 1. The lowest BCUT2D eigenvalue weighted by atomic mass is 10.0. The van der Waals surface area contributed by atoms with Crippen LogP contribution < -0.4 is 0 Å². The molecule has 1 heterocycles. The van der Waals surface area contributed by atoms with Crippen molar-refractivity contribution in [3.05, 3.63) is 46.0 Å². The molecule has 20 heavy (non-hydrogen) atoms. The number of benzene rings is 1. The van der Waals surface area contributed by atoms with E-state index in [1.807, 2.05) is 4.90 Å². The molecule has 5 nitrogen and oxygen atoms in total. The van der Waals surface area contributed by atoms with Gasteiger partial charge >= 0.3 is 0 Å². The predicted molar refractivity (Wildman–Crippen MR) is 77.2 cm³/mol. The first-order valence-electron chi connectivity index (χ1n) is 6.81. The molecule has 0 aliphatic carbocycles. The molecule has 5 heteroatoms. The van der Waals surface area contributed by atoms with Gasteiger partial charge in [0.05, 0.1) is 4.92 Å². The molecule has 1 amide bonds. The average Bonchev–Trinajstić information content (AvgIpc) is 2.45. The van der Waals surface area contributed by atoms with Crippen LogP contribution >= 0.6 is 0 Å². The Labute approximate surface area is 118 Å². The Morgan fingerprint density at radius 1 is 1.45 bits per heavy atom. The SMILES string of the molecule is C[C@H]1CCCCN1C(=O)/C=C/c1cccc([N+](=O)[O-])c1. The van der Waals surface area contributed by atoms with Gasteiger partial charge in [-0.2, -0.15) is 0 Å². The molecule has 0 bridgehead atoms. The van der Waals surface area contributed by atoms with E-state index < -0.39 is 4.92 Å². The van der Waals surface area contributed by atoms with E-state index in [1.165, 1.54) is 24.6 Å². The second-order valence-electron chi connectivity index (χ2n) is 5.06.